The summed E-state index contributed by atoms with van der Waals surface area (Å²) >= 11 is 0. The summed E-state index contributed by atoms with van der Waals surface area (Å²) in [6.45, 7) is 6.45. The molecule has 8 heteroatoms. The van der Waals surface area contributed by atoms with E-state index in [2.05, 4.69) is 58.5 Å². The highest BCUT2D eigenvalue weighted by Gasteiger charge is 2.22. The van der Waals surface area contributed by atoms with Crippen molar-refractivity contribution in [3.8, 4) is 28.8 Å². The molecule has 0 fully saturated rings. The number of rotatable bonds is 6. The molecule has 0 saturated heterocycles. The van der Waals surface area contributed by atoms with E-state index in [4.69, 9.17) is 9.05 Å². The van der Waals surface area contributed by atoms with Gasteiger partial charge in [-0.15, -0.1) is 5.10 Å². The van der Waals surface area contributed by atoms with Gasteiger partial charge in [0.15, 0.2) is 11.4 Å². The van der Waals surface area contributed by atoms with Gasteiger partial charge in [-0.05, 0) is 30.0 Å². The van der Waals surface area contributed by atoms with E-state index < -0.39 is 0 Å². The molecule has 0 aliphatic heterocycles. The second-order valence-electron chi connectivity index (χ2n) is 6.60. The van der Waals surface area contributed by atoms with Gasteiger partial charge in [-0.1, -0.05) is 54.9 Å². The molecule has 8 nitrogen and oxygen atoms in total. The lowest BCUT2D eigenvalue weighted by Gasteiger charge is -2.10. The van der Waals surface area contributed by atoms with Crippen LogP contribution >= 0.6 is 0 Å². The minimum absolute atomic E-state index is 0.322. The highest BCUT2D eigenvalue weighted by molar-refractivity contribution is 5.56. The van der Waals surface area contributed by atoms with E-state index in [9.17, 15) is 0 Å². The maximum Gasteiger partial charge on any atom is 0.280 e. The maximum atomic E-state index is 5.41. The summed E-state index contributed by atoms with van der Waals surface area (Å²) < 4.78 is 12.1. The van der Waals surface area contributed by atoms with Gasteiger partial charge in [-0.25, -0.2) is 4.68 Å². The van der Waals surface area contributed by atoms with Crippen molar-refractivity contribution in [2.24, 2.45) is 0 Å². The highest BCUT2D eigenvalue weighted by atomic mass is 16.5. The van der Waals surface area contributed by atoms with Gasteiger partial charge in [0.25, 0.3) is 5.89 Å². The molecule has 0 bridgehead atoms. The van der Waals surface area contributed by atoms with Crippen molar-refractivity contribution in [3.63, 3.8) is 0 Å². The minimum Gasteiger partial charge on any atom is -0.364 e. The lowest BCUT2D eigenvalue weighted by molar-refractivity contribution is 0.416. The van der Waals surface area contributed by atoms with Crippen LogP contribution in [0.25, 0.3) is 28.8 Å². The largest absolute Gasteiger partial charge is 0.364 e. The number of benzene rings is 1. The Kier molecular flexibility index (Phi) is 4.53. The van der Waals surface area contributed by atoms with E-state index in [1.54, 1.807) is 6.07 Å². The lowest BCUT2D eigenvalue weighted by Crippen LogP contribution is -2.04. The Morgan fingerprint density at radius 1 is 1.15 bits per heavy atom. The molecule has 4 rings (SSSR count). The highest BCUT2D eigenvalue weighted by Crippen LogP contribution is 2.26. The summed E-state index contributed by atoms with van der Waals surface area (Å²) in [5, 5.41) is 16.5. The summed E-state index contributed by atoms with van der Waals surface area (Å²) in [5.41, 5.74) is 4.26. The molecule has 27 heavy (non-hydrogen) atoms. The molecule has 138 valence electrons. The van der Waals surface area contributed by atoms with Crippen LogP contribution in [-0.2, 0) is 6.42 Å². The predicted octanol–water partition coefficient (Wildman–Crippen LogP) is 4.05. The Bertz CT molecular complexity index is 1030. The molecule has 0 N–H and O–H groups in total. The predicted molar refractivity (Wildman–Crippen MR) is 98.2 cm³/mol. The Hall–Kier alpha value is -3.29. The Balaban J connectivity index is 1.76. The molecule has 0 unspecified atom stereocenters. The second kappa shape index (κ2) is 7.14. The first kappa shape index (κ1) is 17.1. The fraction of sp³-hybridized carbons (Fsp3) is 0.316. The van der Waals surface area contributed by atoms with Gasteiger partial charge in [0.2, 0.25) is 5.82 Å². The average Bonchev–Trinajstić information content (AvgIpc) is 3.42. The van der Waals surface area contributed by atoms with E-state index in [1.807, 2.05) is 16.8 Å². The van der Waals surface area contributed by atoms with Gasteiger partial charge < -0.3 is 9.05 Å². The van der Waals surface area contributed by atoms with Crippen molar-refractivity contribution in [2.75, 3.05) is 0 Å². The maximum absolute atomic E-state index is 5.41. The summed E-state index contributed by atoms with van der Waals surface area (Å²) in [4.78, 5) is 4.40. The van der Waals surface area contributed by atoms with E-state index in [-0.39, 0.29) is 0 Å². The third-order valence-corrected chi connectivity index (χ3v) is 4.33. The zero-order chi connectivity index (χ0) is 18.8. The average molecular weight is 364 g/mol. The van der Waals surface area contributed by atoms with Crippen LogP contribution in [0.3, 0.4) is 0 Å². The van der Waals surface area contributed by atoms with Crippen molar-refractivity contribution in [2.45, 2.75) is 39.5 Å². The van der Waals surface area contributed by atoms with Crippen molar-refractivity contribution in [1.82, 2.24) is 30.3 Å². The molecule has 0 radical (unpaired) electrons. The Morgan fingerprint density at radius 3 is 2.78 bits per heavy atom. The third kappa shape index (κ3) is 3.25. The Morgan fingerprint density at radius 2 is 2.04 bits per heavy atom. The van der Waals surface area contributed by atoms with E-state index in [1.165, 1.54) is 11.8 Å². The van der Waals surface area contributed by atoms with Crippen LogP contribution in [0.1, 0.15) is 44.4 Å². The van der Waals surface area contributed by atoms with Gasteiger partial charge in [-0.2, -0.15) is 4.98 Å². The van der Waals surface area contributed by atoms with Gasteiger partial charge in [-0.3, -0.25) is 0 Å². The van der Waals surface area contributed by atoms with Crippen molar-refractivity contribution in [1.29, 1.82) is 0 Å². The quantitative estimate of drug-likeness (QED) is 0.509. The molecule has 0 amide bonds. The topological polar surface area (TPSA) is 95.7 Å². The Labute approximate surface area is 156 Å². The third-order valence-electron chi connectivity index (χ3n) is 4.33. The summed E-state index contributed by atoms with van der Waals surface area (Å²) in [7, 11) is 0. The van der Waals surface area contributed by atoms with Crippen LogP contribution in [0.5, 0.6) is 0 Å². The van der Waals surface area contributed by atoms with Crippen LogP contribution < -0.4 is 0 Å². The molecule has 0 aliphatic rings. The molecular weight excluding hydrogens is 344 g/mol. The summed E-state index contributed by atoms with van der Waals surface area (Å²) in [6.07, 6.45) is 3.19. The van der Waals surface area contributed by atoms with E-state index in [0.717, 1.165) is 24.2 Å². The van der Waals surface area contributed by atoms with Crippen LogP contribution in [0.2, 0.25) is 0 Å². The van der Waals surface area contributed by atoms with Gasteiger partial charge in [0.1, 0.15) is 6.26 Å². The van der Waals surface area contributed by atoms with Gasteiger partial charge in [0, 0.05) is 6.07 Å². The molecule has 4 aromatic rings. The second-order valence-corrected chi connectivity index (χ2v) is 6.60. The summed E-state index contributed by atoms with van der Waals surface area (Å²) in [5.74, 6) is 1.11. The molecular formula is C19H20N6O2. The molecule has 3 heterocycles. The lowest BCUT2D eigenvalue weighted by atomic mass is 10.0. The minimum atomic E-state index is 0.322. The SMILES string of the molecule is CCCc1c(-c2nc(-c3ccon3)no2)nnn1-c1cccc(C(C)C)c1. The molecule has 0 spiro atoms. The fourth-order valence-electron chi connectivity index (χ4n) is 2.90. The molecule has 0 aliphatic carbocycles. The van der Waals surface area contributed by atoms with Gasteiger partial charge >= 0.3 is 0 Å². The van der Waals surface area contributed by atoms with E-state index in [0.29, 0.717) is 29.0 Å². The molecule has 1 aromatic carbocycles. The molecule has 0 atom stereocenters. The molecule has 0 saturated carbocycles. The normalized spacial score (nSPS) is 11.4. The smallest absolute Gasteiger partial charge is 0.280 e. The monoisotopic (exact) mass is 364 g/mol. The van der Waals surface area contributed by atoms with E-state index >= 15 is 0 Å². The first-order valence-electron chi connectivity index (χ1n) is 8.97. The number of aromatic nitrogens is 6. The van der Waals surface area contributed by atoms with Gasteiger partial charge in [0.05, 0.1) is 11.4 Å². The number of hydrogen-bond acceptors (Lipinski definition) is 7. The number of nitrogens with zero attached hydrogens (tertiary/aromatic N) is 6. The zero-order valence-electron chi connectivity index (χ0n) is 15.5. The summed E-state index contributed by atoms with van der Waals surface area (Å²) in [6, 6.07) is 10.00. The standard InChI is InChI=1S/C19H20N6O2/c1-4-6-16-17(19-20-18(23-27-19)15-9-10-26-22-15)21-24-25(16)14-8-5-7-13(11-14)12(2)3/h5,7-12H,4,6H2,1-3H3. The fourth-order valence-corrected chi connectivity index (χ4v) is 2.90. The van der Waals surface area contributed by atoms with Crippen molar-refractivity contribution in [3.05, 3.63) is 47.9 Å². The zero-order valence-corrected chi connectivity index (χ0v) is 15.5. The first-order valence-corrected chi connectivity index (χ1v) is 8.97. The number of hydrogen-bond donors (Lipinski definition) is 0. The van der Waals surface area contributed by atoms with Crippen molar-refractivity contribution >= 4 is 0 Å². The van der Waals surface area contributed by atoms with Crippen LogP contribution in [-0.4, -0.2) is 30.3 Å². The molecule has 3 aromatic heterocycles. The first-order chi connectivity index (χ1) is 13.2. The van der Waals surface area contributed by atoms with Crippen molar-refractivity contribution < 1.29 is 9.05 Å². The van der Waals surface area contributed by atoms with Crippen LogP contribution in [0.15, 0.2) is 45.6 Å². The van der Waals surface area contributed by atoms with Crippen LogP contribution in [0, 0.1) is 0 Å². The van der Waals surface area contributed by atoms with Crippen LogP contribution in [0.4, 0.5) is 0 Å².